The molecule has 7 nitrogen and oxygen atoms in total. The summed E-state index contributed by atoms with van der Waals surface area (Å²) in [6.45, 7) is 1.86. The molecule has 0 aliphatic heterocycles. The van der Waals surface area contributed by atoms with Gasteiger partial charge < -0.3 is 14.8 Å². The minimum absolute atomic E-state index is 0.0436. The second kappa shape index (κ2) is 6.64. The molecule has 7 heteroatoms. The molecule has 0 saturated heterocycles. The number of aryl methyl sites for hydroxylation is 1. The molecule has 3 rings (SSSR count). The van der Waals surface area contributed by atoms with Gasteiger partial charge in [-0.15, -0.1) is 0 Å². The molecule has 0 saturated carbocycles. The summed E-state index contributed by atoms with van der Waals surface area (Å²) >= 11 is 0. The van der Waals surface area contributed by atoms with Gasteiger partial charge in [-0.05, 0) is 30.7 Å². The number of pyridine rings is 1. The highest BCUT2D eigenvalue weighted by Gasteiger charge is 2.14. The molecular weight excluding hydrogens is 322 g/mol. The fraction of sp³-hybridized carbons (Fsp3) is 0.167. The van der Waals surface area contributed by atoms with Gasteiger partial charge in [-0.25, -0.2) is 4.98 Å². The van der Waals surface area contributed by atoms with Crippen LogP contribution in [0.5, 0.6) is 11.5 Å². The van der Waals surface area contributed by atoms with Crippen LogP contribution in [0.3, 0.4) is 0 Å². The zero-order chi connectivity index (χ0) is 18.0. The number of carbonyl (C=O) groups is 1. The van der Waals surface area contributed by atoms with Crippen molar-refractivity contribution in [2.45, 2.75) is 6.92 Å². The van der Waals surface area contributed by atoms with Crippen LogP contribution in [0, 0.1) is 6.92 Å². The lowest BCUT2D eigenvalue weighted by atomic mass is 10.2. The number of rotatable bonds is 4. The number of benzene rings is 1. The van der Waals surface area contributed by atoms with Gasteiger partial charge in [0.2, 0.25) is 0 Å². The van der Waals surface area contributed by atoms with E-state index in [2.05, 4.69) is 10.3 Å². The van der Waals surface area contributed by atoms with E-state index >= 15 is 0 Å². The normalized spacial score (nSPS) is 10.5. The molecule has 128 valence electrons. The van der Waals surface area contributed by atoms with Crippen molar-refractivity contribution < 1.29 is 14.3 Å². The van der Waals surface area contributed by atoms with Crippen LogP contribution in [-0.2, 0) is 0 Å². The van der Waals surface area contributed by atoms with Crippen molar-refractivity contribution in [1.29, 1.82) is 0 Å². The third kappa shape index (κ3) is 3.16. The first-order valence-electron chi connectivity index (χ1n) is 7.55. The third-order valence-corrected chi connectivity index (χ3v) is 3.74. The smallest absolute Gasteiger partial charge is 0.270 e. The van der Waals surface area contributed by atoms with Crippen LogP contribution in [0.25, 0.3) is 5.65 Å². The fourth-order valence-corrected chi connectivity index (χ4v) is 2.45. The minimum atomic E-state index is -0.541. The van der Waals surface area contributed by atoms with Gasteiger partial charge >= 0.3 is 0 Å². The Labute approximate surface area is 143 Å². The highest BCUT2D eigenvalue weighted by Crippen LogP contribution is 2.29. The highest BCUT2D eigenvalue weighted by atomic mass is 16.5. The summed E-state index contributed by atoms with van der Waals surface area (Å²) in [7, 11) is 3.03. The Bertz CT molecular complexity index is 1010. The number of ether oxygens (including phenoxy) is 2. The molecule has 2 aromatic heterocycles. The van der Waals surface area contributed by atoms with Crippen LogP contribution in [0.1, 0.15) is 15.9 Å². The third-order valence-electron chi connectivity index (χ3n) is 3.74. The molecule has 1 amide bonds. The average Bonchev–Trinajstić information content (AvgIpc) is 2.62. The quantitative estimate of drug-likeness (QED) is 0.788. The number of nitrogens with zero attached hydrogens (tertiary/aromatic N) is 2. The molecule has 0 fully saturated rings. The number of methoxy groups -OCH3 is 2. The average molecular weight is 339 g/mol. The van der Waals surface area contributed by atoms with Gasteiger partial charge in [-0.3, -0.25) is 14.0 Å². The molecule has 1 aromatic carbocycles. The van der Waals surface area contributed by atoms with Crippen molar-refractivity contribution in [3.63, 3.8) is 0 Å². The number of hydrogen-bond acceptors (Lipinski definition) is 5. The maximum Gasteiger partial charge on any atom is 0.270 e. The van der Waals surface area contributed by atoms with E-state index in [9.17, 15) is 9.59 Å². The summed E-state index contributed by atoms with van der Waals surface area (Å²) < 4.78 is 11.7. The molecular formula is C18H17N3O4. The van der Waals surface area contributed by atoms with Crippen molar-refractivity contribution in [3.8, 4) is 11.5 Å². The Morgan fingerprint density at radius 2 is 1.88 bits per heavy atom. The van der Waals surface area contributed by atoms with E-state index in [4.69, 9.17) is 9.47 Å². The first kappa shape index (κ1) is 16.5. The molecule has 0 radical (unpaired) electrons. The zero-order valence-electron chi connectivity index (χ0n) is 14.1. The van der Waals surface area contributed by atoms with Crippen LogP contribution in [-0.4, -0.2) is 29.5 Å². The Morgan fingerprint density at radius 3 is 2.60 bits per heavy atom. The van der Waals surface area contributed by atoms with Gasteiger partial charge in [-0.2, -0.15) is 0 Å². The summed E-state index contributed by atoms with van der Waals surface area (Å²) in [4.78, 5) is 29.2. The summed E-state index contributed by atoms with van der Waals surface area (Å²) in [6.07, 6.45) is 2.93. The SMILES string of the molecule is COc1ccc(NC(=O)c2cnc3ccc(C)cn3c2=O)cc1OC. The minimum Gasteiger partial charge on any atom is -0.493 e. The van der Waals surface area contributed by atoms with Crippen LogP contribution in [0.2, 0.25) is 0 Å². The highest BCUT2D eigenvalue weighted by molar-refractivity contribution is 6.04. The van der Waals surface area contributed by atoms with Crippen molar-refractivity contribution in [2.24, 2.45) is 0 Å². The number of carbonyl (C=O) groups excluding carboxylic acids is 1. The number of fused-ring (bicyclic) bond motifs is 1. The first-order valence-corrected chi connectivity index (χ1v) is 7.55. The zero-order valence-corrected chi connectivity index (χ0v) is 14.1. The van der Waals surface area contributed by atoms with E-state index in [0.717, 1.165) is 5.56 Å². The largest absolute Gasteiger partial charge is 0.493 e. The summed E-state index contributed by atoms with van der Waals surface area (Å²) in [6, 6.07) is 8.53. The molecule has 0 bridgehead atoms. The second-order valence-electron chi connectivity index (χ2n) is 5.44. The summed E-state index contributed by atoms with van der Waals surface area (Å²) in [5, 5.41) is 2.68. The van der Waals surface area contributed by atoms with Crippen LogP contribution in [0.15, 0.2) is 47.5 Å². The lowest BCUT2D eigenvalue weighted by molar-refractivity contribution is 0.102. The monoisotopic (exact) mass is 339 g/mol. The number of nitrogens with one attached hydrogen (secondary N) is 1. The second-order valence-corrected chi connectivity index (χ2v) is 5.44. The summed E-state index contributed by atoms with van der Waals surface area (Å²) in [5.41, 5.74) is 1.40. The number of hydrogen-bond donors (Lipinski definition) is 1. The van der Waals surface area contributed by atoms with E-state index in [-0.39, 0.29) is 5.56 Å². The lowest BCUT2D eigenvalue weighted by Crippen LogP contribution is -2.26. The van der Waals surface area contributed by atoms with Crippen molar-refractivity contribution in [1.82, 2.24) is 9.38 Å². The van der Waals surface area contributed by atoms with E-state index in [1.165, 1.54) is 24.8 Å². The van der Waals surface area contributed by atoms with E-state index in [1.807, 2.05) is 13.0 Å². The van der Waals surface area contributed by atoms with Crippen LogP contribution < -0.4 is 20.3 Å². The standard InChI is InChI=1S/C18H17N3O4/c1-11-4-7-16-19-9-13(18(23)21(16)10-11)17(22)20-12-5-6-14(24-2)15(8-12)25-3/h4-10H,1-3H3,(H,20,22). The molecule has 1 N–H and O–H groups in total. The molecule has 3 aromatic rings. The van der Waals surface area contributed by atoms with Crippen LogP contribution >= 0.6 is 0 Å². The topological polar surface area (TPSA) is 81.9 Å². The molecule has 0 spiro atoms. The maximum atomic E-state index is 12.6. The molecule has 25 heavy (non-hydrogen) atoms. The van der Waals surface area contributed by atoms with Gasteiger partial charge in [0.1, 0.15) is 11.2 Å². The fourth-order valence-electron chi connectivity index (χ4n) is 2.45. The predicted octanol–water partition coefficient (Wildman–Crippen LogP) is 2.27. The molecule has 0 aliphatic carbocycles. The Kier molecular flexibility index (Phi) is 4.38. The number of aromatic nitrogens is 2. The molecule has 0 aliphatic rings. The predicted molar refractivity (Wildman–Crippen MR) is 93.7 cm³/mol. The van der Waals surface area contributed by atoms with Crippen LogP contribution in [0.4, 0.5) is 5.69 Å². The Balaban J connectivity index is 1.95. The van der Waals surface area contributed by atoms with E-state index < -0.39 is 11.5 Å². The van der Waals surface area contributed by atoms with Gasteiger partial charge in [0.05, 0.1) is 14.2 Å². The Morgan fingerprint density at radius 1 is 1.12 bits per heavy atom. The summed E-state index contributed by atoms with van der Waals surface area (Å²) in [5.74, 6) is 0.480. The van der Waals surface area contributed by atoms with Crippen molar-refractivity contribution in [2.75, 3.05) is 19.5 Å². The first-order chi connectivity index (χ1) is 12.0. The van der Waals surface area contributed by atoms with Gasteiger partial charge in [0, 0.05) is 24.1 Å². The lowest BCUT2D eigenvalue weighted by Gasteiger charge is -2.10. The van der Waals surface area contributed by atoms with Gasteiger partial charge in [-0.1, -0.05) is 6.07 Å². The van der Waals surface area contributed by atoms with E-state index in [1.54, 1.807) is 30.5 Å². The van der Waals surface area contributed by atoms with E-state index in [0.29, 0.717) is 22.8 Å². The maximum absolute atomic E-state index is 12.6. The van der Waals surface area contributed by atoms with Crippen molar-refractivity contribution in [3.05, 3.63) is 64.2 Å². The molecule has 0 atom stereocenters. The number of amides is 1. The van der Waals surface area contributed by atoms with Gasteiger partial charge in [0.25, 0.3) is 11.5 Å². The Hall–Kier alpha value is -3.35. The van der Waals surface area contributed by atoms with Gasteiger partial charge in [0.15, 0.2) is 11.5 Å². The number of anilines is 1. The molecule has 0 unspecified atom stereocenters. The van der Waals surface area contributed by atoms with Crippen molar-refractivity contribution >= 4 is 17.2 Å². The molecule has 2 heterocycles.